The highest BCUT2D eigenvalue weighted by Gasteiger charge is 2.39. The molecule has 0 spiro atoms. The Hall–Kier alpha value is -10.2. The average molecular weight is 1700 g/mol. The molecule has 120 heavy (non-hydrogen) atoms. The minimum Gasteiger partial charge on any atom is -0.491 e. The van der Waals surface area contributed by atoms with Crippen LogP contribution in [-0.2, 0) is 52.5 Å². The molecule has 0 radical (unpaired) electrons. The van der Waals surface area contributed by atoms with Crippen molar-refractivity contribution in [3.05, 3.63) is 193 Å². The van der Waals surface area contributed by atoms with Crippen LogP contribution >= 0.6 is 34.8 Å². The monoisotopic (exact) mass is 1700 g/mol. The van der Waals surface area contributed by atoms with E-state index in [0.29, 0.717) is 143 Å². The van der Waals surface area contributed by atoms with Crippen molar-refractivity contribution in [3.8, 4) is 52.8 Å². The molecule has 2 saturated heterocycles. The van der Waals surface area contributed by atoms with Gasteiger partial charge in [0.1, 0.15) is 73.5 Å². The van der Waals surface area contributed by atoms with E-state index >= 15 is 0 Å². The summed E-state index contributed by atoms with van der Waals surface area (Å²) in [5.74, 6) is 18.6. The van der Waals surface area contributed by atoms with Crippen molar-refractivity contribution in [2.45, 2.75) is 83.4 Å². The molecule has 6 unspecified atom stereocenters. The van der Waals surface area contributed by atoms with Gasteiger partial charge in [0.2, 0.25) is 5.91 Å². The van der Waals surface area contributed by atoms with E-state index in [-0.39, 0.29) is 63.7 Å². The average Bonchev–Trinajstić information content (AvgIpc) is 1.61. The Morgan fingerprint density at radius 1 is 0.467 bits per heavy atom. The normalized spacial score (nSPS) is 17.2. The number of halogens is 3. The molecule has 8 heterocycles. The maximum atomic E-state index is 13.1. The highest BCUT2D eigenvalue weighted by atomic mass is 35.5. The summed E-state index contributed by atoms with van der Waals surface area (Å²) < 4.78 is 49.7. The molecule has 29 heteroatoms. The van der Waals surface area contributed by atoms with Crippen molar-refractivity contribution in [2.24, 2.45) is 0 Å². The number of carbonyl (C=O) groups is 4. The first-order valence-corrected chi connectivity index (χ1v) is 41.5. The molecule has 0 saturated carbocycles. The number of nitrogens with one attached hydrogen (secondary N) is 3. The molecular formula is C91H105Cl3N10O16. The summed E-state index contributed by atoms with van der Waals surface area (Å²) in [4.78, 5) is 74.8. The zero-order valence-corrected chi connectivity index (χ0v) is 70.9. The second-order valence-corrected chi connectivity index (χ2v) is 31.0. The van der Waals surface area contributed by atoms with Crippen molar-refractivity contribution in [3.63, 3.8) is 0 Å². The maximum Gasteiger partial charge on any atom is 0.411 e. The van der Waals surface area contributed by atoms with E-state index in [4.69, 9.17) is 77.4 Å². The number of aromatic amines is 3. The number of hydrogen-bond donors (Lipinski definition) is 6. The molecule has 26 nitrogen and oxygen atoms in total. The number of H-pyrrole nitrogens is 3. The number of piperazine rings is 1. The van der Waals surface area contributed by atoms with E-state index in [0.717, 1.165) is 109 Å². The molecular weight excluding hydrogens is 1600 g/mol. The van der Waals surface area contributed by atoms with Gasteiger partial charge >= 0.3 is 18.3 Å². The first-order valence-electron chi connectivity index (χ1n) is 40.4. The van der Waals surface area contributed by atoms with Crippen molar-refractivity contribution in [1.82, 2.24) is 49.3 Å². The van der Waals surface area contributed by atoms with Crippen molar-refractivity contribution in [1.29, 1.82) is 0 Å². The van der Waals surface area contributed by atoms with E-state index in [1.807, 2.05) is 132 Å². The zero-order chi connectivity index (χ0) is 84.6. The van der Waals surface area contributed by atoms with E-state index in [9.17, 15) is 34.5 Å². The van der Waals surface area contributed by atoms with Gasteiger partial charge in [0, 0.05) is 178 Å². The first-order chi connectivity index (χ1) is 58.3. The lowest BCUT2D eigenvalue weighted by molar-refractivity contribution is -0.130. The third-order valence-corrected chi connectivity index (χ3v) is 22.5. The number of methoxy groups -OCH3 is 2. The number of aromatic nitrogens is 3. The van der Waals surface area contributed by atoms with Crippen LogP contribution in [0.2, 0.25) is 15.1 Å². The van der Waals surface area contributed by atoms with E-state index in [1.54, 1.807) is 56.6 Å². The number of benzene rings is 6. The third-order valence-electron chi connectivity index (χ3n) is 21.8. The summed E-state index contributed by atoms with van der Waals surface area (Å²) in [6, 6.07) is 39.0. The number of hydrogen-bond acceptors (Lipinski definition) is 19. The second kappa shape index (κ2) is 43.9. The summed E-state index contributed by atoms with van der Waals surface area (Å²) in [6.07, 6.45) is -1.16. The van der Waals surface area contributed by atoms with Crippen LogP contribution in [0.3, 0.4) is 0 Å². The summed E-state index contributed by atoms with van der Waals surface area (Å²) >= 11 is 18.9. The van der Waals surface area contributed by atoms with Crippen LogP contribution in [0.5, 0.6) is 17.2 Å². The van der Waals surface area contributed by atoms with Crippen LogP contribution in [-0.4, -0.2) is 279 Å². The summed E-state index contributed by atoms with van der Waals surface area (Å²) in [7, 11) is 3.31. The molecule has 9 aromatic rings. The van der Waals surface area contributed by atoms with E-state index < -0.39 is 36.6 Å². The lowest BCUT2D eigenvalue weighted by Gasteiger charge is -2.35. The topological polar surface area (TPSA) is 282 Å². The molecule has 636 valence electrons. The number of fused-ring (bicyclic) bond motifs is 9. The van der Waals surface area contributed by atoms with Gasteiger partial charge < -0.3 is 77.8 Å². The second-order valence-electron chi connectivity index (χ2n) is 29.7. The van der Waals surface area contributed by atoms with Gasteiger partial charge in [-0.25, -0.2) is 14.4 Å². The minimum absolute atomic E-state index is 0.0369. The standard InChI is InChI=1S/C31H35ClN4O5.C31H38ClN3O6.C29H32ClN3O5/c1-3-4-17-40-31(39)36-12-11-26-27-18-23(32)7-10-28(27)33-29(26)30(36)22-5-8-25(9-6-22)41-20-24(38)19-34-13-15-35(16-14-34)21(2)37;1-4-5-16-40-31(37)35-13-12-26-27-19-23(32)8-11-28(27)33-29(26)30(35)22-6-9-25(10-7-22)41-21-24(36)20-34(14-17-38-2)15-18-39-3;1-2-3-14-37-29(35)33-11-10-24-25-17-21(30)6-9-26(25)31-27(24)28(33)20-4-7-23(8-5-20)38-19-22(34)18-32-12-15-36-16-13-32/h5-10,18,24,30,33,38H,11-17,19-20H2,1-2H3;6-11,19,24,30,33,36H,12-18,20-21H2,1-3H3;4-9,17,22,28,31,34H,10-16,18-19H2,1H3. The summed E-state index contributed by atoms with van der Waals surface area (Å²) in [5.41, 5.74) is 11.9. The van der Waals surface area contributed by atoms with Crippen molar-refractivity contribution < 1.29 is 77.1 Å². The molecule has 0 bridgehead atoms. The molecule has 6 aromatic carbocycles. The maximum absolute atomic E-state index is 13.1. The molecule has 6 atom stereocenters. The number of aliphatic hydroxyl groups is 3. The van der Waals surface area contributed by atoms with E-state index in [2.05, 4.69) is 65.2 Å². The van der Waals surface area contributed by atoms with Gasteiger partial charge in [0.15, 0.2) is 19.8 Å². The van der Waals surface area contributed by atoms with Crippen LogP contribution in [0.4, 0.5) is 14.4 Å². The molecule has 4 amide bonds. The van der Waals surface area contributed by atoms with Crippen LogP contribution in [0.15, 0.2) is 127 Å². The minimum atomic E-state index is -0.682. The molecule has 0 aliphatic carbocycles. The van der Waals surface area contributed by atoms with Gasteiger partial charge in [-0.3, -0.25) is 34.2 Å². The molecule has 14 rings (SSSR count). The Morgan fingerprint density at radius 2 is 0.800 bits per heavy atom. The molecule has 5 aliphatic heterocycles. The molecule has 6 N–H and O–H groups in total. The van der Waals surface area contributed by atoms with Crippen molar-refractivity contribution >= 4 is 91.7 Å². The van der Waals surface area contributed by atoms with Gasteiger partial charge in [-0.2, -0.15) is 0 Å². The van der Waals surface area contributed by atoms with Crippen molar-refractivity contribution in [2.75, 3.05) is 172 Å². The Labute approximate surface area is 715 Å². The fraction of sp³-hybridized carbons (Fsp3) is 0.429. The zero-order valence-electron chi connectivity index (χ0n) is 68.6. The first kappa shape index (κ1) is 89.1. The molecule has 2 fully saturated rings. The number of nitrogens with zero attached hydrogens (tertiary/aromatic N) is 7. The predicted molar refractivity (Wildman–Crippen MR) is 461 cm³/mol. The Kier molecular flexibility index (Phi) is 32.6. The number of rotatable bonds is 27. The number of β-amino-alcohol motifs (C(OH)–C–C–N with tert-alkyl or cyclic N) is 2. The highest BCUT2D eigenvalue weighted by Crippen LogP contribution is 2.44. The fourth-order valence-corrected chi connectivity index (χ4v) is 16.3. The highest BCUT2D eigenvalue weighted by molar-refractivity contribution is 6.32. The Balaban J connectivity index is 0.000000165. The van der Waals surface area contributed by atoms with Gasteiger partial charge in [-0.1, -0.05) is 89.0 Å². The van der Waals surface area contributed by atoms with E-state index in [1.165, 1.54) is 0 Å². The Morgan fingerprint density at radius 3 is 1.12 bits per heavy atom. The van der Waals surface area contributed by atoms with Gasteiger partial charge in [-0.15, -0.1) is 17.8 Å². The van der Waals surface area contributed by atoms with Gasteiger partial charge in [-0.05, 0) is 164 Å². The number of morpholine rings is 1. The fourth-order valence-electron chi connectivity index (χ4n) is 15.8. The third kappa shape index (κ3) is 23.3. The van der Waals surface area contributed by atoms with Crippen LogP contribution in [0.1, 0.15) is 96.3 Å². The quantitative estimate of drug-likeness (QED) is 0.0206. The smallest absolute Gasteiger partial charge is 0.411 e. The van der Waals surface area contributed by atoms with Gasteiger partial charge in [0.05, 0.1) is 26.4 Å². The Bertz CT molecular complexity index is 5120. The lowest BCUT2D eigenvalue weighted by atomic mass is 9.92. The number of aliphatic hydroxyl groups excluding tert-OH is 3. The van der Waals surface area contributed by atoms with Crippen LogP contribution in [0.25, 0.3) is 32.7 Å². The number of ether oxygens (including phenoxy) is 9. The van der Waals surface area contributed by atoms with Crippen LogP contribution in [0, 0.1) is 35.5 Å². The van der Waals surface area contributed by atoms with Crippen LogP contribution < -0.4 is 14.2 Å². The number of amides is 4. The predicted octanol–water partition coefficient (Wildman–Crippen LogP) is 12.1. The molecule has 5 aliphatic rings. The number of carbonyl (C=O) groups excluding carboxylic acids is 4. The molecule has 3 aromatic heterocycles. The summed E-state index contributed by atoms with van der Waals surface area (Å²) in [6.45, 7) is 18.7. The lowest BCUT2D eigenvalue weighted by Crippen LogP contribution is -2.50. The summed E-state index contributed by atoms with van der Waals surface area (Å²) in [5, 5.41) is 36.7. The van der Waals surface area contributed by atoms with Gasteiger partial charge in [0.25, 0.3) is 0 Å². The largest absolute Gasteiger partial charge is 0.491 e. The SMILES string of the molecule is CC#CCOC(=O)N1CCc2c([nH]c3ccc(Cl)cc23)C1c1ccc(OCC(O)CN(CCOC)CCOC)cc1.CC#CCOC(=O)N1CCc2c([nH]c3ccc(Cl)cc23)C1c1ccc(OCC(O)CN2CCN(C(C)=O)CC2)cc1.CC#CCOC(=O)N1CCc2c([nH]c3ccc(Cl)cc23)C1c1ccc(OCC(O)CN2CCOCC2)cc1.